The third-order valence-electron chi connectivity index (χ3n) is 3.32. The molecule has 2 nitrogen and oxygen atoms in total. The Bertz CT molecular complexity index is 573. The number of aliphatic hydroxyl groups excluding tert-OH is 1. The van der Waals surface area contributed by atoms with Gasteiger partial charge < -0.3 is 5.11 Å². The molecule has 0 amide bonds. The van der Waals surface area contributed by atoms with E-state index < -0.39 is 4.21 Å². The minimum Gasteiger partial charge on any atom is -0.392 e. The number of aromatic nitrogens is 1. The lowest BCUT2D eigenvalue weighted by Crippen LogP contribution is -2.29. The van der Waals surface area contributed by atoms with Gasteiger partial charge in [0.1, 0.15) is 4.21 Å². The fourth-order valence-corrected chi connectivity index (χ4v) is 4.01. The lowest BCUT2D eigenvalue weighted by Gasteiger charge is -2.33. The molecule has 0 bridgehead atoms. The van der Waals surface area contributed by atoms with Crippen LogP contribution in [0.15, 0.2) is 54.2 Å². The molecule has 0 spiro atoms. The van der Waals surface area contributed by atoms with Gasteiger partial charge in [-0.1, -0.05) is 29.8 Å². The molecule has 0 aliphatic heterocycles. The fraction of sp³-hybridized carbons (Fsp3) is 0.312. The molecule has 2 rings (SSSR count). The van der Waals surface area contributed by atoms with Crippen LogP contribution in [0.5, 0.6) is 0 Å². The molecule has 1 aromatic heterocycles. The fourth-order valence-electron chi connectivity index (χ4n) is 2.23. The lowest BCUT2D eigenvalue weighted by atomic mass is 9.92. The highest BCUT2D eigenvalue weighted by atomic mass is 35.5. The molecule has 1 N–H and O–H groups in total. The average Bonchev–Trinajstić information content (AvgIpc) is 2.48. The minimum absolute atomic E-state index is 0.0225. The van der Waals surface area contributed by atoms with E-state index in [2.05, 4.69) is 11.6 Å². The van der Waals surface area contributed by atoms with Gasteiger partial charge in [-0.3, -0.25) is 4.98 Å². The van der Waals surface area contributed by atoms with Gasteiger partial charge in [-0.25, -0.2) is 0 Å². The van der Waals surface area contributed by atoms with Gasteiger partial charge in [0, 0.05) is 28.6 Å². The predicted octanol–water partition coefficient (Wildman–Crippen LogP) is 4.28. The maximum atomic E-state index is 9.42. The van der Waals surface area contributed by atoms with Gasteiger partial charge in [-0.15, -0.1) is 29.9 Å². The van der Waals surface area contributed by atoms with Crippen molar-refractivity contribution in [2.24, 2.45) is 5.92 Å². The van der Waals surface area contributed by atoms with Crippen molar-refractivity contribution in [2.45, 2.75) is 17.2 Å². The largest absolute Gasteiger partial charge is 0.392 e. The quantitative estimate of drug-likeness (QED) is 0.619. The van der Waals surface area contributed by atoms with Crippen LogP contribution in [0.2, 0.25) is 0 Å². The third kappa shape index (κ3) is 4.13. The summed E-state index contributed by atoms with van der Waals surface area (Å²) in [6, 6.07) is 3.70. The first-order valence-electron chi connectivity index (χ1n) is 6.63. The van der Waals surface area contributed by atoms with Gasteiger partial charge in [-0.05, 0) is 30.2 Å². The maximum Gasteiger partial charge on any atom is 0.116 e. The Morgan fingerprint density at radius 1 is 1.52 bits per heavy atom. The zero-order chi connectivity index (χ0) is 15.3. The van der Waals surface area contributed by atoms with Crippen LogP contribution >= 0.6 is 35.0 Å². The van der Waals surface area contributed by atoms with Gasteiger partial charge >= 0.3 is 0 Å². The second-order valence-electron chi connectivity index (χ2n) is 4.76. The summed E-state index contributed by atoms with van der Waals surface area (Å²) >= 11 is 14.5. The average molecular weight is 342 g/mol. The van der Waals surface area contributed by atoms with Crippen LogP contribution < -0.4 is 0 Å². The molecule has 2 atom stereocenters. The minimum atomic E-state index is -0.621. The van der Waals surface area contributed by atoms with Gasteiger partial charge in [0.15, 0.2) is 0 Å². The number of alkyl halides is 1. The van der Waals surface area contributed by atoms with Crippen LogP contribution in [0, 0.1) is 5.92 Å². The number of thioether (sulfide) groups is 1. The Kier molecular flexibility index (Phi) is 5.94. The van der Waals surface area contributed by atoms with E-state index in [0.717, 1.165) is 17.0 Å². The number of allylic oxidation sites excluding steroid dienone is 3. The van der Waals surface area contributed by atoms with Crippen molar-refractivity contribution >= 4 is 35.0 Å². The third-order valence-corrected chi connectivity index (χ3v) is 5.54. The summed E-state index contributed by atoms with van der Waals surface area (Å²) in [7, 11) is 0. The van der Waals surface area contributed by atoms with Crippen LogP contribution in [0.4, 0.5) is 0 Å². The van der Waals surface area contributed by atoms with Crippen molar-refractivity contribution in [1.29, 1.82) is 0 Å². The maximum absolute atomic E-state index is 9.42. The Morgan fingerprint density at radius 2 is 2.33 bits per heavy atom. The van der Waals surface area contributed by atoms with Crippen LogP contribution in [-0.4, -0.2) is 20.0 Å². The molecule has 1 aliphatic rings. The van der Waals surface area contributed by atoms with E-state index in [9.17, 15) is 5.11 Å². The highest BCUT2D eigenvalue weighted by molar-refractivity contribution is 8.02. The molecular formula is C16H17Cl2NOS. The van der Waals surface area contributed by atoms with Crippen molar-refractivity contribution in [3.8, 4) is 0 Å². The summed E-state index contributed by atoms with van der Waals surface area (Å²) in [6.45, 7) is 3.71. The van der Waals surface area contributed by atoms with Crippen molar-refractivity contribution < 1.29 is 5.11 Å². The molecule has 1 aliphatic carbocycles. The van der Waals surface area contributed by atoms with E-state index in [-0.39, 0.29) is 12.5 Å². The number of rotatable bonds is 6. The van der Waals surface area contributed by atoms with E-state index in [0.29, 0.717) is 11.5 Å². The first-order chi connectivity index (χ1) is 10.1. The Labute approximate surface area is 139 Å². The molecule has 1 heterocycles. The highest BCUT2D eigenvalue weighted by Crippen LogP contribution is 2.45. The molecule has 2 unspecified atom stereocenters. The standard InChI is InChI=1S/C16H17Cl2NOS/c1-2-8-21-16(18)10-14(17)6-5-13(16)9-15-12(11-20)4-3-7-19-15/h2-7,10,13,20H,1,8-9,11H2. The highest BCUT2D eigenvalue weighted by Gasteiger charge is 2.36. The summed E-state index contributed by atoms with van der Waals surface area (Å²) in [5.41, 5.74) is 1.70. The second kappa shape index (κ2) is 7.50. The molecule has 0 radical (unpaired) electrons. The normalized spacial score (nSPS) is 24.7. The number of hydrogen-bond acceptors (Lipinski definition) is 3. The van der Waals surface area contributed by atoms with Gasteiger partial charge in [0.2, 0.25) is 0 Å². The zero-order valence-corrected chi connectivity index (χ0v) is 13.8. The zero-order valence-electron chi connectivity index (χ0n) is 11.5. The second-order valence-corrected chi connectivity index (χ2v) is 7.35. The topological polar surface area (TPSA) is 33.1 Å². The Balaban J connectivity index is 2.24. The number of pyridine rings is 1. The van der Waals surface area contributed by atoms with E-state index in [1.807, 2.05) is 36.4 Å². The summed E-state index contributed by atoms with van der Waals surface area (Å²) in [6.07, 6.45) is 9.96. The van der Waals surface area contributed by atoms with Crippen molar-refractivity contribution in [2.75, 3.05) is 5.75 Å². The molecule has 5 heteroatoms. The molecule has 0 saturated carbocycles. The molecular weight excluding hydrogens is 325 g/mol. The summed E-state index contributed by atoms with van der Waals surface area (Å²) in [4.78, 5) is 4.37. The predicted molar refractivity (Wildman–Crippen MR) is 91.7 cm³/mol. The molecule has 0 fully saturated rings. The van der Waals surface area contributed by atoms with E-state index in [1.165, 1.54) is 0 Å². The molecule has 0 saturated heterocycles. The van der Waals surface area contributed by atoms with Crippen molar-refractivity contribution in [1.82, 2.24) is 4.98 Å². The number of aliphatic hydroxyl groups is 1. The van der Waals surface area contributed by atoms with Gasteiger partial charge in [-0.2, -0.15) is 0 Å². The van der Waals surface area contributed by atoms with Crippen LogP contribution in [0.25, 0.3) is 0 Å². The van der Waals surface area contributed by atoms with Crippen LogP contribution in [0.1, 0.15) is 11.3 Å². The van der Waals surface area contributed by atoms with Crippen LogP contribution in [0.3, 0.4) is 0 Å². The van der Waals surface area contributed by atoms with Crippen molar-refractivity contribution in [3.63, 3.8) is 0 Å². The number of hydrogen-bond donors (Lipinski definition) is 1. The SMILES string of the molecule is C=CCSC1(Cl)C=C(Cl)C=CC1Cc1ncccc1CO. The summed E-state index contributed by atoms with van der Waals surface area (Å²) in [5, 5.41) is 10.1. The molecule has 21 heavy (non-hydrogen) atoms. The first-order valence-corrected chi connectivity index (χ1v) is 8.37. The number of halogens is 2. The van der Waals surface area contributed by atoms with E-state index in [1.54, 1.807) is 18.0 Å². The Hall–Kier alpha value is -0.740. The monoisotopic (exact) mass is 341 g/mol. The van der Waals surface area contributed by atoms with E-state index >= 15 is 0 Å². The summed E-state index contributed by atoms with van der Waals surface area (Å²) < 4.78 is -0.621. The van der Waals surface area contributed by atoms with Crippen molar-refractivity contribution in [3.05, 3.63) is 65.5 Å². The Morgan fingerprint density at radius 3 is 3.05 bits per heavy atom. The summed E-state index contributed by atoms with van der Waals surface area (Å²) in [5.74, 6) is 0.788. The first kappa shape index (κ1) is 16.6. The van der Waals surface area contributed by atoms with Gasteiger partial charge in [0.25, 0.3) is 0 Å². The number of nitrogens with zero attached hydrogens (tertiary/aromatic N) is 1. The lowest BCUT2D eigenvalue weighted by molar-refractivity contribution is 0.279. The van der Waals surface area contributed by atoms with Crippen LogP contribution in [-0.2, 0) is 13.0 Å². The molecule has 1 aromatic rings. The smallest absolute Gasteiger partial charge is 0.116 e. The molecule has 112 valence electrons. The molecule has 0 aromatic carbocycles. The van der Waals surface area contributed by atoms with Gasteiger partial charge in [0.05, 0.1) is 6.61 Å². The van der Waals surface area contributed by atoms with E-state index in [4.69, 9.17) is 23.2 Å².